The van der Waals surface area contributed by atoms with E-state index in [1.807, 2.05) is 0 Å². The Kier molecular flexibility index (Phi) is 3.16. The van der Waals surface area contributed by atoms with Crippen LogP contribution in [0.4, 0.5) is 0 Å². The molecule has 2 heterocycles. The minimum atomic E-state index is -0.937. The number of likely N-dealkylation sites (tertiary alicyclic amines) is 1. The van der Waals surface area contributed by atoms with E-state index in [-0.39, 0.29) is 5.91 Å². The van der Waals surface area contributed by atoms with Gasteiger partial charge in [0.1, 0.15) is 6.04 Å². The van der Waals surface area contributed by atoms with E-state index < -0.39 is 12.0 Å². The van der Waals surface area contributed by atoms with E-state index in [0.717, 1.165) is 6.42 Å². The van der Waals surface area contributed by atoms with Gasteiger partial charge >= 0.3 is 5.97 Å². The minimum Gasteiger partial charge on any atom is -0.480 e. The maximum atomic E-state index is 12.0. The van der Waals surface area contributed by atoms with Crippen LogP contribution >= 0.6 is 22.9 Å². The van der Waals surface area contributed by atoms with Gasteiger partial charge < -0.3 is 10.0 Å². The van der Waals surface area contributed by atoms with Crippen molar-refractivity contribution < 1.29 is 14.7 Å². The first kappa shape index (κ1) is 11.4. The van der Waals surface area contributed by atoms with E-state index >= 15 is 0 Å². The normalized spacial score (nSPS) is 20.1. The molecule has 1 atom stereocenters. The number of thiophene rings is 1. The molecule has 2 rings (SSSR count). The molecule has 0 aliphatic carbocycles. The summed E-state index contributed by atoms with van der Waals surface area (Å²) in [6.07, 6.45) is 1.27. The second-order valence-corrected chi connectivity index (χ2v) is 5.31. The van der Waals surface area contributed by atoms with E-state index in [1.165, 1.54) is 16.2 Å². The predicted octanol–water partition coefficient (Wildman–Crippen LogP) is 2.09. The molecule has 1 aromatic rings. The molecule has 0 aromatic carbocycles. The van der Waals surface area contributed by atoms with E-state index in [1.54, 1.807) is 12.1 Å². The molecule has 1 fully saturated rings. The lowest BCUT2D eigenvalue weighted by Crippen LogP contribution is -2.40. The number of hydrogen-bond acceptors (Lipinski definition) is 3. The van der Waals surface area contributed by atoms with Gasteiger partial charge in [0.25, 0.3) is 5.91 Å². The SMILES string of the molecule is O=C(O)[C@@H]1CCCN1C(=O)c1ccc(Cl)s1. The monoisotopic (exact) mass is 259 g/mol. The van der Waals surface area contributed by atoms with Crippen molar-refractivity contribution >= 4 is 34.8 Å². The topological polar surface area (TPSA) is 57.6 Å². The van der Waals surface area contributed by atoms with Gasteiger partial charge in [-0.25, -0.2) is 4.79 Å². The van der Waals surface area contributed by atoms with Crippen molar-refractivity contribution in [3.05, 3.63) is 21.3 Å². The molecule has 0 radical (unpaired) electrons. The number of amides is 1. The highest BCUT2D eigenvalue weighted by atomic mass is 35.5. The maximum absolute atomic E-state index is 12.0. The van der Waals surface area contributed by atoms with Crippen LogP contribution in [-0.2, 0) is 4.79 Å². The average molecular weight is 260 g/mol. The second kappa shape index (κ2) is 4.43. The number of nitrogens with zero attached hydrogens (tertiary/aromatic N) is 1. The molecular weight excluding hydrogens is 250 g/mol. The first-order chi connectivity index (χ1) is 7.59. The Morgan fingerprint density at radius 2 is 2.25 bits per heavy atom. The van der Waals surface area contributed by atoms with Gasteiger partial charge in [0.15, 0.2) is 0 Å². The molecule has 1 N–H and O–H groups in total. The van der Waals surface area contributed by atoms with Gasteiger partial charge in [0, 0.05) is 6.54 Å². The lowest BCUT2D eigenvalue weighted by atomic mass is 10.2. The highest BCUT2D eigenvalue weighted by Gasteiger charge is 2.34. The Morgan fingerprint density at radius 1 is 1.50 bits per heavy atom. The summed E-state index contributed by atoms with van der Waals surface area (Å²) < 4.78 is 0.537. The lowest BCUT2D eigenvalue weighted by Gasteiger charge is -2.20. The second-order valence-electron chi connectivity index (χ2n) is 3.60. The van der Waals surface area contributed by atoms with Crippen LogP contribution in [0.5, 0.6) is 0 Å². The number of hydrogen-bond donors (Lipinski definition) is 1. The van der Waals surface area contributed by atoms with Gasteiger partial charge in [-0.2, -0.15) is 0 Å². The summed E-state index contributed by atoms with van der Waals surface area (Å²) in [7, 11) is 0. The zero-order valence-corrected chi connectivity index (χ0v) is 9.92. The highest BCUT2D eigenvalue weighted by Crippen LogP contribution is 2.26. The van der Waals surface area contributed by atoms with Crippen molar-refractivity contribution in [2.24, 2.45) is 0 Å². The number of halogens is 1. The third-order valence-corrected chi connectivity index (χ3v) is 3.80. The van der Waals surface area contributed by atoms with E-state index in [2.05, 4.69) is 0 Å². The van der Waals surface area contributed by atoms with Crippen LogP contribution in [0.2, 0.25) is 4.34 Å². The number of carbonyl (C=O) groups excluding carboxylic acids is 1. The van der Waals surface area contributed by atoms with E-state index in [4.69, 9.17) is 16.7 Å². The Bertz CT molecular complexity index is 431. The summed E-state index contributed by atoms with van der Waals surface area (Å²) in [6.45, 7) is 0.505. The summed E-state index contributed by atoms with van der Waals surface area (Å²) in [5.41, 5.74) is 0. The fourth-order valence-corrected chi connectivity index (χ4v) is 2.84. The van der Waals surface area contributed by atoms with E-state index in [0.29, 0.717) is 22.2 Å². The van der Waals surface area contributed by atoms with Crippen molar-refractivity contribution in [2.45, 2.75) is 18.9 Å². The molecule has 1 aliphatic heterocycles. The van der Waals surface area contributed by atoms with Crippen LogP contribution in [0.25, 0.3) is 0 Å². The van der Waals surface area contributed by atoms with Crippen molar-refractivity contribution in [1.29, 1.82) is 0 Å². The van der Waals surface area contributed by atoms with Crippen LogP contribution in [-0.4, -0.2) is 34.5 Å². The molecule has 0 bridgehead atoms. The Hall–Kier alpha value is -1.07. The van der Waals surface area contributed by atoms with Gasteiger partial charge in [0.05, 0.1) is 9.21 Å². The van der Waals surface area contributed by atoms with Gasteiger partial charge in [-0.3, -0.25) is 4.79 Å². The number of aliphatic carboxylic acids is 1. The fourth-order valence-electron chi connectivity index (χ4n) is 1.84. The first-order valence-electron chi connectivity index (χ1n) is 4.88. The van der Waals surface area contributed by atoms with Crippen LogP contribution in [0.1, 0.15) is 22.5 Å². The zero-order chi connectivity index (χ0) is 11.7. The largest absolute Gasteiger partial charge is 0.480 e. The molecule has 16 heavy (non-hydrogen) atoms. The molecule has 0 spiro atoms. The van der Waals surface area contributed by atoms with Crippen LogP contribution in [0.15, 0.2) is 12.1 Å². The van der Waals surface area contributed by atoms with Crippen molar-refractivity contribution in [3.63, 3.8) is 0 Å². The maximum Gasteiger partial charge on any atom is 0.326 e. The molecule has 0 saturated carbocycles. The van der Waals surface area contributed by atoms with Crippen LogP contribution < -0.4 is 0 Å². The van der Waals surface area contributed by atoms with E-state index in [9.17, 15) is 9.59 Å². The Morgan fingerprint density at radius 3 is 2.81 bits per heavy atom. The number of carboxylic acids is 1. The molecule has 0 unspecified atom stereocenters. The summed E-state index contributed by atoms with van der Waals surface area (Å²) in [5, 5.41) is 8.97. The Balaban J connectivity index is 2.18. The third kappa shape index (κ3) is 2.05. The van der Waals surface area contributed by atoms with Gasteiger partial charge in [-0.15, -0.1) is 11.3 Å². The lowest BCUT2D eigenvalue weighted by molar-refractivity contribution is -0.141. The highest BCUT2D eigenvalue weighted by molar-refractivity contribution is 7.17. The number of carboxylic acid groups (broad SMARTS) is 1. The summed E-state index contributed by atoms with van der Waals surface area (Å²) in [4.78, 5) is 24.8. The molecular formula is C10H10ClNO3S. The molecule has 6 heteroatoms. The molecule has 1 aromatic heterocycles. The molecule has 1 saturated heterocycles. The first-order valence-corrected chi connectivity index (χ1v) is 6.08. The van der Waals surface area contributed by atoms with Gasteiger partial charge in [0.2, 0.25) is 0 Å². The summed E-state index contributed by atoms with van der Waals surface area (Å²) >= 11 is 6.92. The average Bonchev–Trinajstić information content (AvgIpc) is 2.84. The van der Waals surface area contributed by atoms with Crippen molar-refractivity contribution in [3.8, 4) is 0 Å². The predicted molar refractivity (Wildman–Crippen MR) is 61.0 cm³/mol. The quantitative estimate of drug-likeness (QED) is 0.885. The third-order valence-electron chi connectivity index (χ3n) is 2.58. The number of rotatable bonds is 2. The fraction of sp³-hybridized carbons (Fsp3) is 0.400. The van der Waals surface area contributed by atoms with Crippen molar-refractivity contribution in [1.82, 2.24) is 4.90 Å². The standard InChI is InChI=1S/C10H10ClNO3S/c11-8-4-3-7(16-8)9(13)12-5-1-2-6(12)10(14)15/h3-4,6H,1-2,5H2,(H,14,15)/t6-/m0/s1. The van der Waals surface area contributed by atoms with Crippen LogP contribution in [0.3, 0.4) is 0 Å². The van der Waals surface area contributed by atoms with Crippen molar-refractivity contribution in [2.75, 3.05) is 6.54 Å². The number of carbonyl (C=O) groups is 2. The van der Waals surface area contributed by atoms with Gasteiger partial charge in [-0.1, -0.05) is 11.6 Å². The Labute approximate surface area is 101 Å². The summed E-state index contributed by atoms with van der Waals surface area (Å²) in [5.74, 6) is -1.17. The molecule has 1 aliphatic rings. The molecule has 86 valence electrons. The smallest absolute Gasteiger partial charge is 0.326 e. The summed E-state index contributed by atoms with van der Waals surface area (Å²) in [6, 6.07) is 2.59. The molecule has 1 amide bonds. The minimum absolute atomic E-state index is 0.234. The molecule has 4 nitrogen and oxygen atoms in total. The van der Waals surface area contributed by atoms with Gasteiger partial charge in [-0.05, 0) is 25.0 Å². The van der Waals surface area contributed by atoms with Crippen LogP contribution in [0, 0.1) is 0 Å². The zero-order valence-electron chi connectivity index (χ0n) is 8.35.